The number of benzene rings is 3. The van der Waals surface area contributed by atoms with E-state index in [0.29, 0.717) is 12.0 Å². The number of rotatable bonds is 11. The van der Waals surface area contributed by atoms with E-state index in [9.17, 15) is 18.0 Å². The maximum Gasteiger partial charge on any atom is 0.266 e. The van der Waals surface area contributed by atoms with Gasteiger partial charge in [0.05, 0.1) is 11.7 Å². The Morgan fingerprint density at radius 2 is 1.32 bits per heavy atom. The molecule has 0 spiro atoms. The molecule has 0 bridgehead atoms. The first-order valence-corrected chi connectivity index (χ1v) is 17.1. The minimum absolute atomic E-state index is 0.105. The fourth-order valence-electron chi connectivity index (χ4n) is 5.91. The molecule has 0 fully saturated rings. The van der Waals surface area contributed by atoms with Gasteiger partial charge in [-0.2, -0.15) is 8.42 Å². The largest absolute Gasteiger partial charge is 0.351 e. The zero-order chi connectivity index (χ0) is 30.9. The molecule has 8 heteroatoms. The monoisotopic (exact) mass is 612 g/mol. The van der Waals surface area contributed by atoms with E-state index in [2.05, 4.69) is 47.1 Å². The molecule has 0 aliphatic heterocycles. The zero-order valence-corrected chi connectivity index (χ0v) is 25.7. The Kier molecular flexibility index (Phi) is 10.5. The first-order chi connectivity index (χ1) is 21.2. The van der Waals surface area contributed by atoms with Crippen molar-refractivity contribution in [3.05, 3.63) is 113 Å². The Morgan fingerprint density at radius 1 is 0.750 bits per heavy atom. The molecule has 0 saturated heterocycles. The van der Waals surface area contributed by atoms with Crippen molar-refractivity contribution in [2.75, 3.05) is 17.6 Å². The second kappa shape index (κ2) is 14.6. The van der Waals surface area contributed by atoms with Gasteiger partial charge in [-0.25, -0.2) is 0 Å². The molecule has 7 nitrogen and oxygen atoms in total. The summed E-state index contributed by atoms with van der Waals surface area (Å²) in [5, 5.41) is 5.62. The van der Waals surface area contributed by atoms with E-state index < -0.39 is 27.7 Å². The van der Waals surface area contributed by atoms with Crippen LogP contribution >= 0.6 is 0 Å². The van der Waals surface area contributed by atoms with Gasteiger partial charge in [-0.3, -0.25) is 14.1 Å². The normalized spacial score (nSPS) is 15.9. The SMILES string of the molecule is O=C(NCCS(=O)(=O)O)c1ccc(CC(C(=O)Nc2ccc(C3=CCCCC3)cc2)c2ccc(C3=CCCCC3)cc2)cc1. The molecule has 0 radical (unpaired) electrons. The Morgan fingerprint density at radius 3 is 1.84 bits per heavy atom. The average molecular weight is 613 g/mol. The maximum atomic E-state index is 13.8. The third kappa shape index (κ3) is 8.77. The molecule has 3 N–H and O–H groups in total. The molecular formula is C36H40N2O5S. The van der Waals surface area contributed by atoms with Crippen LogP contribution in [0.15, 0.2) is 84.9 Å². The van der Waals surface area contributed by atoms with Crippen LogP contribution in [0.4, 0.5) is 5.69 Å². The second-order valence-electron chi connectivity index (χ2n) is 11.6. The van der Waals surface area contributed by atoms with Gasteiger partial charge >= 0.3 is 0 Å². The van der Waals surface area contributed by atoms with Crippen molar-refractivity contribution in [1.29, 1.82) is 0 Å². The quantitative estimate of drug-likeness (QED) is 0.199. The highest BCUT2D eigenvalue weighted by Gasteiger charge is 2.22. The van der Waals surface area contributed by atoms with Crippen molar-refractivity contribution in [2.45, 2.75) is 63.7 Å². The molecule has 5 rings (SSSR count). The number of amides is 2. The van der Waals surface area contributed by atoms with E-state index >= 15 is 0 Å². The van der Waals surface area contributed by atoms with Gasteiger partial charge in [0.2, 0.25) is 5.91 Å². The van der Waals surface area contributed by atoms with Crippen LogP contribution in [-0.2, 0) is 21.3 Å². The Hall–Kier alpha value is -4.01. The lowest BCUT2D eigenvalue weighted by atomic mass is 9.88. The standard InChI is InChI=1S/C36H40N2O5S/c39-35(37-23-24-44(41,42)43)32-13-11-26(12-14-32)25-34(31-17-15-29(16-18-31)27-7-3-1-4-8-27)36(40)38-33-21-19-30(20-22-33)28-9-5-2-6-10-28/h7,9,11-22,34H,1-6,8,10,23-25H2,(H,37,39)(H,38,40)(H,41,42,43). The van der Waals surface area contributed by atoms with Crippen molar-refractivity contribution < 1.29 is 22.6 Å². The minimum Gasteiger partial charge on any atom is -0.351 e. The van der Waals surface area contributed by atoms with Gasteiger partial charge in [0, 0.05) is 17.8 Å². The molecule has 1 unspecified atom stereocenters. The Bertz CT molecular complexity index is 1620. The van der Waals surface area contributed by atoms with E-state index in [1.165, 1.54) is 48.0 Å². The topological polar surface area (TPSA) is 113 Å². The summed E-state index contributed by atoms with van der Waals surface area (Å²) in [5.74, 6) is -1.55. The predicted molar refractivity (Wildman–Crippen MR) is 176 cm³/mol. The number of hydrogen-bond acceptors (Lipinski definition) is 4. The van der Waals surface area contributed by atoms with Gasteiger partial charge < -0.3 is 10.6 Å². The summed E-state index contributed by atoms with van der Waals surface area (Å²) in [6.07, 6.45) is 14.3. The van der Waals surface area contributed by atoms with Crippen LogP contribution in [0.1, 0.15) is 89.9 Å². The third-order valence-corrected chi connectivity index (χ3v) is 9.13. The number of nitrogens with one attached hydrogen (secondary N) is 2. The van der Waals surface area contributed by atoms with E-state index in [0.717, 1.165) is 42.5 Å². The van der Waals surface area contributed by atoms with Crippen LogP contribution in [0, 0.1) is 0 Å². The summed E-state index contributed by atoms with van der Waals surface area (Å²) >= 11 is 0. The molecule has 0 saturated carbocycles. The molecule has 1 atom stereocenters. The summed E-state index contributed by atoms with van der Waals surface area (Å²) in [6.45, 7) is -0.187. The van der Waals surface area contributed by atoms with E-state index in [1.807, 2.05) is 36.4 Å². The highest BCUT2D eigenvalue weighted by Crippen LogP contribution is 2.31. The number of hydrogen-bond donors (Lipinski definition) is 3. The van der Waals surface area contributed by atoms with Crippen LogP contribution in [0.2, 0.25) is 0 Å². The summed E-state index contributed by atoms with van der Waals surface area (Å²) in [4.78, 5) is 26.2. The van der Waals surface area contributed by atoms with Crippen molar-refractivity contribution in [3.8, 4) is 0 Å². The van der Waals surface area contributed by atoms with E-state index in [4.69, 9.17) is 4.55 Å². The molecule has 0 heterocycles. The lowest BCUT2D eigenvalue weighted by molar-refractivity contribution is -0.117. The molecule has 44 heavy (non-hydrogen) atoms. The first kappa shape index (κ1) is 31.4. The number of carbonyl (C=O) groups excluding carboxylic acids is 2. The molecule has 2 amide bonds. The van der Waals surface area contributed by atoms with Crippen LogP contribution in [0.25, 0.3) is 11.1 Å². The molecule has 2 aliphatic carbocycles. The van der Waals surface area contributed by atoms with Gasteiger partial charge in [-0.05, 0) is 115 Å². The zero-order valence-electron chi connectivity index (χ0n) is 24.9. The number of anilines is 1. The molecule has 2 aliphatic rings. The minimum atomic E-state index is -4.15. The van der Waals surface area contributed by atoms with Gasteiger partial charge in [0.1, 0.15) is 0 Å². The van der Waals surface area contributed by atoms with Crippen molar-refractivity contribution in [1.82, 2.24) is 5.32 Å². The van der Waals surface area contributed by atoms with Crippen LogP contribution in [0.3, 0.4) is 0 Å². The second-order valence-corrected chi connectivity index (χ2v) is 13.2. The summed E-state index contributed by atoms with van der Waals surface area (Å²) in [5.41, 5.74) is 8.05. The first-order valence-electron chi connectivity index (χ1n) is 15.5. The third-order valence-electron chi connectivity index (χ3n) is 8.41. The predicted octanol–water partition coefficient (Wildman–Crippen LogP) is 7.18. The lowest BCUT2D eigenvalue weighted by Gasteiger charge is -2.20. The Labute approximate surface area is 260 Å². The van der Waals surface area contributed by atoms with E-state index in [-0.39, 0.29) is 12.5 Å². The van der Waals surface area contributed by atoms with Gasteiger partial charge in [-0.1, -0.05) is 60.7 Å². The molecule has 0 aromatic heterocycles. The average Bonchev–Trinajstić information content (AvgIpc) is 3.04. The van der Waals surface area contributed by atoms with Gasteiger partial charge in [-0.15, -0.1) is 0 Å². The summed E-state index contributed by atoms with van der Waals surface area (Å²) in [6, 6.07) is 23.3. The van der Waals surface area contributed by atoms with Crippen LogP contribution < -0.4 is 10.6 Å². The van der Waals surface area contributed by atoms with E-state index in [1.54, 1.807) is 12.1 Å². The van der Waals surface area contributed by atoms with Crippen molar-refractivity contribution in [2.24, 2.45) is 0 Å². The fraction of sp³-hybridized carbons (Fsp3) is 0.333. The lowest BCUT2D eigenvalue weighted by Crippen LogP contribution is -2.28. The van der Waals surface area contributed by atoms with Gasteiger partial charge in [0.25, 0.3) is 16.0 Å². The fourth-order valence-corrected chi connectivity index (χ4v) is 6.27. The molecule has 230 valence electrons. The maximum absolute atomic E-state index is 13.8. The molecule has 3 aromatic carbocycles. The van der Waals surface area contributed by atoms with Crippen LogP contribution in [0.5, 0.6) is 0 Å². The number of carbonyl (C=O) groups is 2. The highest BCUT2D eigenvalue weighted by atomic mass is 32.2. The highest BCUT2D eigenvalue weighted by molar-refractivity contribution is 7.85. The molecular weight excluding hydrogens is 572 g/mol. The van der Waals surface area contributed by atoms with Crippen LogP contribution in [-0.4, -0.2) is 37.1 Å². The van der Waals surface area contributed by atoms with Crippen molar-refractivity contribution in [3.63, 3.8) is 0 Å². The molecule has 3 aromatic rings. The Balaban J connectivity index is 1.32. The summed E-state index contributed by atoms with van der Waals surface area (Å²) < 4.78 is 30.7. The summed E-state index contributed by atoms with van der Waals surface area (Å²) in [7, 11) is -4.15. The van der Waals surface area contributed by atoms with Crippen molar-refractivity contribution >= 4 is 38.8 Å². The smallest absolute Gasteiger partial charge is 0.266 e. The van der Waals surface area contributed by atoms with Gasteiger partial charge in [0.15, 0.2) is 0 Å². The number of allylic oxidation sites excluding steroid dienone is 4.